The topological polar surface area (TPSA) is 35.2 Å². The summed E-state index contributed by atoms with van der Waals surface area (Å²) in [6.07, 6.45) is 2.03. The minimum absolute atomic E-state index is 0.177. The largest absolute Gasteiger partial charge is 0.375 e. The lowest BCUT2D eigenvalue weighted by atomic mass is 10.1. The molecular formula is C8H17NO. The Hall–Kier alpha value is -0.340. The van der Waals surface area contributed by atoms with E-state index in [0.29, 0.717) is 6.54 Å². The highest BCUT2D eigenvalue weighted by Crippen LogP contribution is 2.11. The first-order valence-electron chi connectivity index (χ1n) is 3.45. The van der Waals surface area contributed by atoms with Crippen LogP contribution in [0.5, 0.6) is 0 Å². The van der Waals surface area contributed by atoms with Gasteiger partial charge in [-0.05, 0) is 20.8 Å². The molecular weight excluding hydrogens is 126 g/mol. The first kappa shape index (κ1) is 9.66. The zero-order valence-corrected chi connectivity index (χ0v) is 7.27. The molecule has 2 heteroatoms. The molecule has 0 aromatic rings. The third-order valence-corrected chi connectivity index (χ3v) is 1.44. The Morgan fingerprint density at radius 1 is 1.60 bits per heavy atom. The molecule has 0 aromatic carbocycles. The molecule has 0 saturated carbocycles. The standard InChI is InChI=1S/C8H17NO/c1-7(6-9)5-8(2,3)10-4/h5H,6,9H2,1-4H3/b7-5-. The molecule has 0 aliphatic carbocycles. The van der Waals surface area contributed by atoms with E-state index in [1.54, 1.807) is 7.11 Å². The average molecular weight is 143 g/mol. The minimum Gasteiger partial charge on any atom is -0.375 e. The fourth-order valence-electron chi connectivity index (χ4n) is 0.711. The van der Waals surface area contributed by atoms with Crippen LogP contribution in [0.2, 0.25) is 0 Å². The van der Waals surface area contributed by atoms with E-state index in [2.05, 4.69) is 0 Å². The van der Waals surface area contributed by atoms with Crippen molar-refractivity contribution in [3.05, 3.63) is 11.6 Å². The molecule has 0 aromatic heterocycles. The lowest BCUT2D eigenvalue weighted by Gasteiger charge is -2.18. The van der Waals surface area contributed by atoms with Crippen LogP contribution in [0.15, 0.2) is 11.6 Å². The van der Waals surface area contributed by atoms with Crippen molar-refractivity contribution in [3.63, 3.8) is 0 Å². The van der Waals surface area contributed by atoms with E-state index in [4.69, 9.17) is 10.5 Å². The smallest absolute Gasteiger partial charge is 0.0805 e. The number of hydrogen-bond donors (Lipinski definition) is 1. The lowest BCUT2D eigenvalue weighted by molar-refractivity contribution is 0.0648. The summed E-state index contributed by atoms with van der Waals surface area (Å²) in [4.78, 5) is 0. The van der Waals surface area contributed by atoms with E-state index in [9.17, 15) is 0 Å². The van der Waals surface area contributed by atoms with Gasteiger partial charge < -0.3 is 10.5 Å². The van der Waals surface area contributed by atoms with Gasteiger partial charge in [-0.25, -0.2) is 0 Å². The van der Waals surface area contributed by atoms with Gasteiger partial charge in [-0.1, -0.05) is 11.6 Å². The van der Waals surface area contributed by atoms with E-state index in [-0.39, 0.29) is 5.60 Å². The molecule has 0 spiro atoms. The Morgan fingerprint density at radius 3 is 2.40 bits per heavy atom. The molecule has 2 N–H and O–H groups in total. The van der Waals surface area contributed by atoms with Crippen LogP contribution >= 0.6 is 0 Å². The highest BCUT2D eigenvalue weighted by Gasteiger charge is 2.11. The van der Waals surface area contributed by atoms with Gasteiger partial charge in [0.25, 0.3) is 0 Å². The van der Waals surface area contributed by atoms with E-state index in [1.165, 1.54) is 0 Å². The monoisotopic (exact) mass is 143 g/mol. The Morgan fingerprint density at radius 2 is 2.10 bits per heavy atom. The summed E-state index contributed by atoms with van der Waals surface area (Å²) in [5.74, 6) is 0. The van der Waals surface area contributed by atoms with Gasteiger partial charge in [0, 0.05) is 13.7 Å². The summed E-state index contributed by atoms with van der Waals surface area (Å²) in [5, 5.41) is 0. The molecule has 0 amide bonds. The normalized spacial score (nSPS) is 13.9. The maximum absolute atomic E-state index is 5.41. The first-order chi connectivity index (χ1) is 4.52. The van der Waals surface area contributed by atoms with Crippen LogP contribution in [0.1, 0.15) is 20.8 Å². The zero-order chi connectivity index (χ0) is 8.20. The quantitative estimate of drug-likeness (QED) is 0.605. The highest BCUT2D eigenvalue weighted by molar-refractivity contribution is 5.07. The van der Waals surface area contributed by atoms with Crippen molar-refractivity contribution < 1.29 is 4.74 Å². The number of methoxy groups -OCH3 is 1. The van der Waals surface area contributed by atoms with Crippen molar-refractivity contribution in [1.29, 1.82) is 0 Å². The molecule has 60 valence electrons. The van der Waals surface area contributed by atoms with Gasteiger partial charge in [0.15, 0.2) is 0 Å². The van der Waals surface area contributed by atoms with Gasteiger partial charge in [0.05, 0.1) is 5.60 Å². The van der Waals surface area contributed by atoms with Gasteiger partial charge in [-0.2, -0.15) is 0 Å². The second-order valence-corrected chi connectivity index (χ2v) is 3.00. The van der Waals surface area contributed by atoms with Crippen molar-refractivity contribution in [3.8, 4) is 0 Å². The molecule has 0 radical (unpaired) electrons. The molecule has 10 heavy (non-hydrogen) atoms. The minimum atomic E-state index is -0.177. The lowest BCUT2D eigenvalue weighted by Crippen LogP contribution is -2.20. The van der Waals surface area contributed by atoms with Gasteiger partial charge in [0.1, 0.15) is 0 Å². The maximum atomic E-state index is 5.41. The van der Waals surface area contributed by atoms with Gasteiger partial charge >= 0.3 is 0 Å². The van der Waals surface area contributed by atoms with Crippen molar-refractivity contribution in [1.82, 2.24) is 0 Å². The summed E-state index contributed by atoms with van der Waals surface area (Å²) in [7, 11) is 1.69. The molecule has 0 unspecified atom stereocenters. The zero-order valence-electron chi connectivity index (χ0n) is 7.27. The number of nitrogens with two attached hydrogens (primary N) is 1. The van der Waals surface area contributed by atoms with Crippen LogP contribution in [0.25, 0.3) is 0 Å². The summed E-state index contributed by atoms with van der Waals surface area (Å²) in [6.45, 7) is 6.62. The molecule has 0 saturated heterocycles. The maximum Gasteiger partial charge on any atom is 0.0805 e. The summed E-state index contributed by atoms with van der Waals surface area (Å²) in [6, 6.07) is 0. The van der Waals surface area contributed by atoms with Gasteiger partial charge in [-0.3, -0.25) is 0 Å². The SMILES string of the molecule is COC(C)(C)/C=C(/C)CN. The Bertz CT molecular complexity index is 127. The molecule has 0 fully saturated rings. The second-order valence-electron chi connectivity index (χ2n) is 3.00. The molecule has 0 heterocycles. The Labute approximate surface area is 63.1 Å². The van der Waals surface area contributed by atoms with E-state index in [1.807, 2.05) is 26.8 Å². The Kier molecular flexibility index (Phi) is 3.61. The third-order valence-electron chi connectivity index (χ3n) is 1.44. The van der Waals surface area contributed by atoms with Gasteiger partial charge in [0.2, 0.25) is 0 Å². The summed E-state index contributed by atoms with van der Waals surface area (Å²) < 4.78 is 5.18. The molecule has 0 aliphatic heterocycles. The Balaban J connectivity index is 4.09. The van der Waals surface area contributed by atoms with E-state index >= 15 is 0 Å². The van der Waals surface area contributed by atoms with Crippen LogP contribution in [-0.4, -0.2) is 19.3 Å². The predicted octanol–water partition coefficient (Wildman–Crippen LogP) is 1.32. The molecule has 0 bridgehead atoms. The van der Waals surface area contributed by atoms with Crippen molar-refractivity contribution in [2.75, 3.05) is 13.7 Å². The van der Waals surface area contributed by atoms with E-state index < -0.39 is 0 Å². The highest BCUT2D eigenvalue weighted by atomic mass is 16.5. The van der Waals surface area contributed by atoms with Crippen LogP contribution in [0.3, 0.4) is 0 Å². The van der Waals surface area contributed by atoms with Gasteiger partial charge in [-0.15, -0.1) is 0 Å². The third kappa shape index (κ3) is 3.64. The van der Waals surface area contributed by atoms with Crippen molar-refractivity contribution >= 4 is 0 Å². The summed E-state index contributed by atoms with van der Waals surface area (Å²) >= 11 is 0. The summed E-state index contributed by atoms with van der Waals surface area (Å²) in [5.41, 5.74) is 6.39. The van der Waals surface area contributed by atoms with Crippen molar-refractivity contribution in [2.24, 2.45) is 5.73 Å². The molecule has 0 atom stereocenters. The average Bonchev–Trinajstić information content (AvgIpc) is 1.87. The number of ether oxygens (including phenoxy) is 1. The predicted molar refractivity (Wildman–Crippen MR) is 43.9 cm³/mol. The fourth-order valence-corrected chi connectivity index (χ4v) is 0.711. The number of rotatable bonds is 3. The van der Waals surface area contributed by atoms with Crippen molar-refractivity contribution in [2.45, 2.75) is 26.4 Å². The van der Waals surface area contributed by atoms with Crippen LogP contribution in [0.4, 0.5) is 0 Å². The van der Waals surface area contributed by atoms with E-state index in [0.717, 1.165) is 5.57 Å². The first-order valence-corrected chi connectivity index (χ1v) is 3.45. The fraction of sp³-hybridized carbons (Fsp3) is 0.750. The van der Waals surface area contributed by atoms with Crippen LogP contribution in [0, 0.1) is 0 Å². The second kappa shape index (κ2) is 3.74. The van der Waals surface area contributed by atoms with Crippen LogP contribution < -0.4 is 5.73 Å². The van der Waals surface area contributed by atoms with Crippen LogP contribution in [-0.2, 0) is 4.74 Å². The number of hydrogen-bond acceptors (Lipinski definition) is 2. The molecule has 2 nitrogen and oxygen atoms in total. The molecule has 0 aliphatic rings. The molecule has 0 rings (SSSR count).